The molecule has 1 unspecified atom stereocenters. The summed E-state index contributed by atoms with van der Waals surface area (Å²) in [7, 11) is 0. The van der Waals surface area contributed by atoms with Crippen LogP contribution in [0.2, 0.25) is 0 Å². The number of carbonyl (C=O) groups excluding carboxylic acids is 1. The Morgan fingerprint density at radius 1 is 1.28 bits per heavy atom. The maximum atomic E-state index is 11.9. The first-order valence-corrected chi connectivity index (χ1v) is 5.69. The van der Waals surface area contributed by atoms with Crippen molar-refractivity contribution in [1.29, 1.82) is 0 Å². The minimum atomic E-state index is -4.69. The second-order valence-corrected chi connectivity index (χ2v) is 4.14. The Morgan fingerprint density at radius 2 is 1.83 bits per heavy atom. The van der Waals surface area contributed by atoms with Crippen molar-refractivity contribution in [2.75, 3.05) is 0 Å². The molecule has 0 aliphatic heterocycles. The molecule has 2 nitrogen and oxygen atoms in total. The first kappa shape index (κ1) is 14.5. The summed E-state index contributed by atoms with van der Waals surface area (Å²) < 4.78 is 39.5. The number of hydrogen-bond donors (Lipinski definition) is 0. The van der Waals surface area contributed by atoms with Gasteiger partial charge in [-0.2, -0.15) is 0 Å². The van der Waals surface area contributed by atoms with Gasteiger partial charge in [0.05, 0.1) is 0 Å². The number of carbonyl (C=O) groups is 1. The van der Waals surface area contributed by atoms with Gasteiger partial charge in [-0.3, -0.25) is 4.79 Å². The number of ether oxygens (including phenoxy) is 1. The molecule has 0 aliphatic carbocycles. The zero-order chi connectivity index (χ0) is 13.8. The van der Waals surface area contributed by atoms with Gasteiger partial charge in [0.1, 0.15) is 11.5 Å². The fourth-order valence-corrected chi connectivity index (χ4v) is 1.41. The van der Waals surface area contributed by atoms with E-state index < -0.39 is 6.36 Å². The summed E-state index contributed by atoms with van der Waals surface area (Å²) in [6.45, 7) is 3.76. The summed E-state index contributed by atoms with van der Waals surface area (Å²) in [6.07, 6.45) is -3.69. The van der Waals surface area contributed by atoms with Crippen LogP contribution in [0.1, 0.15) is 25.8 Å². The molecule has 0 saturated heterocycles. The fourth-order valence-electron chi connectivity index (χ4n) is 1.41. The molecule has 0 aromatic heterocycles. The third kappa shape index (κ3) is 4.77. The van der Waals surface area contributed by atoms with Crippen LogP contribution < -0.4 is 4.74 Å². The maximum absolute atomic E-state index is 11.9. The van der Waals surface area contributed by atoms with E-state index in [-0.39, 0.29) is 23.9 Å². The van der Waals surface area contributed by atoms with Gasteiger partial charge in [0.25, 0.3) is 0 Å². The van der Waals surface area contributed by atoms with Crippen molar-refractivity contribution >= 4 is 5.78 Å². The van der Waals surface area contributed by atoms with Crippen LogP contribution in [-0.2, 0) is 11.2 Å². The van der Waals surface area contributed by atoms with Crippen LogP contribution in [0.5, 0.6) is 5.75 Å². The van der Waals surface area contributed by atoms with E-state index in [1.54, 1.807) is 0 Å². The lowest BCUT2D eigenvalue weighted by atomic mass is 9.97. The van der Waals surface area contributed by atoms with Gasteiger partial charge in [-0.25, -0.2) is 0 Å². The smallest absolute Gasteiger partial charge is 0.406 e. The Balaban J connectivity index is 2.63. The molecule has 18 heavy (non-hydrogen) atoms. The number of rotatable bonds is 5. The quantitative estimate of drug-likeness (QED) is 0.806. The summed E-state index contributed by atoms with van der Waals surface area (Å²) in [5.74, 6) is -0.222. The molecule has 0 heterocycles. The van der Waals surface area contributed by atoms with Gasteiger partial charge in [0.2, 0.25) is 0 Å². The molecule has 0 N–H and O–H groups in total. The van der Waals surface area contributed by atoms with E-state index in [1.165, 1.54) is 24.3 Å². The Morgan fingerprint density at radius 3 is 2.28 bits per heavy atom. The lowest BCUT2D eigenvalue weighted by Crippen LogP contribution is -2.17. The second-order valence-electron chi connectivity index (χ2n) is 4.14. The zero-order valence-electron chi connectivity index (χ0n) is 10.3. The van der Waals surface area contributed by atoms with E-state index in [9.17, 15) is 18.0 Å². The van der Waals surface area contributed by atoms with Crippen molar-refractivity contribution in [3.8, 4) is 5.75 Å². The first-order chi connectivity index (χ1) is 8.31. The fraction of sp³-hybridized carbons (Fsp3) is 0.462. The maximum Gasteiger partial charge on any atom is 0.573 e. The van der Waals surface area contributed by atoms with E-state index >= 15 is 0 Å². The standard InChI is InChI=1S/C13H15F3O2/c1-3-9(2)12(17)8-10-4-6-11(7-5-10)18-13(14,15)16/h4-7,9H,3,8H2,1-2H3. The van der Waals surface area contributed by atoms with Crippen LogP contribution in [0.4, 0.5) is 13.2 Å². The number of Topliss-reactive ketones (excluding diaryl/α,β-unsaturated/α-hetero) is 1. The normalized spacial score (nSPS) is 13.2. The van der Waals surface area contributed by atoms with Gasteiger partial charge in [-0.1, -0.05) is 26.0 Å². The molecular weight excluding hydrogens is 245 g/mol. The van der Waals surface area contributed by atoms with Crippen molar-refractivity contribution in [3.63, 3.8) is 0 Å². The molecule has 1 rings (SSSR count). The molecule has 0 aliphatic rings. The van der Waals surface area contributed by atoms with Crippen molar-refractivity contribution in [3.05, 3.63) is 29.8 Å². The van der Waals surface area contributed by atoms with Crippen LogP contribution in [0.3, 0.4) is 0 Å². The zero-order valence-corrected chi connectivity index (χ0v) is 10.3. The molecule has 5 heteroatoms. The summed E-state index contributed by atoms with van der Waals surface area (Å²) in [5, 5.41) is 0. The number of ketones is 1. The highest BCUT2D eigenvalue weighted by atomic mass is 19.4. The average molecular weight is 260 g/mol. The number of hydrogen-bond acceptors (Lipinski definition) is 2. The molecule has 0 spiro atoms. The summed E-state index contributed by atoms with van der Waals surface area (Å²) in [5.41, 5.74) is 0.690. The third-order valence-corrected chi connectivity index (χ3v) is 2.70. The predicted octanol–water partition coefficient (Wildman–Crippen LogP) is 3.74. The van der Waals surface area contributed by atoms with E-state index in [2.05, 4.69) is 4.74 Å². The van der Waals surface area contributed by atoms with Crippen molar-refractivity contribution < 1.29 is 22.7 Å². The Kier molecular flexibility index (Phi) is 4.76. The monoisotopic (exact) mass is 260 g/mol. The highest BCUT2D eigenvalue weighted by molar-refractivity contribution is 5.82. The van der Waals surface area contributed by atoms with Crippen molar-refractivity contribution in [2.45, 2.75) is 33.1 Å². The molecule has 0 radical (unpaired) electrons. The molecule has 0 bridgehead atoms. The molecule has 1 atom stereocenters. The molecule has 100 valence electrons. The van der Waals surface area contributed by atoms with E-state index in [1.807, 2.05) is 13.8 Å². The van der Waals surface area contributed by atoms with Crippen molar-refractivity contribution in [1.82, 2.24) is 0 Å². The largest absolute Gasteiger partial charge is 0.573 e. The molecule has 1 aromatic rings. The Labute approximate surface area is 104 Å². The summed E-state index contributed by atoms with van der Waals surface area (Å²) in [4.78, 5) is 11.6. The van der Waals surface area contributed by atoms with Gasteiger partial charge >= 0.3 is 6.36 Å². The summed E-state index contributed by atoms with van der Waals surface area (Å²) >= 11 is 0. The van der Waals surface area contributed by atoms with Crippen LogP contribution in [0.25, 0.3) is 0 Å². The molecule has 0 amide bonds. The third-order valence-electron chi connectivity index (χ3n) is 2.70. The number of halogens is 3. The Bertz CT molecular complexity index is 396. The van der Waals surface area contributed by atoms with Gasteiger partial charge in [-0.05, 0) is 24.1 Å². The first-order valence-electron chi connectivity index (χ1n) is 5.69. The topological polar surface area (TPSA) is 26.3 Å². The highest BCUT2D eigenvalue weighted by Gasteiger charge is 2.30. The van der Waals surface area contributed by atoms with Crippen molar-refractivity contribution in [2.24, 2.45) is 5.92 Å². The number of benzene rings is 1. The van der Waals surface area contributed by atoms with Crippen LogP contribution in [-0.4, -0.2) is 12.1 Å². The molecular formula is C13H15F3O2. The van der Waals surface area contributed by atoms with Gasteiger partial charge < -0.3 is 4.74 Å². The predicted molar refractivity (Wildman–Crippen MR) is 61.3 cm³/mol. The lowest BCUT2D eigenvalue weighted by Gasteiger charge is -2.10. The van der Waals surface area contributed by atoms with E-state index in [4.69, 9.17) is 0 Å². The summed E-state index contributed by atoms with van der Waals surface area (Å²) in [6, 6.07) is 5.38. The van der Waals surface area contributed by atoms with E-state index in [0.29, 0.717) is 5.56 Å². The van der Waals surface area contributed by atoms with Crippen LogP contribution in [0, 0.1) is 5.92 Å². The number of alkyl halides is 3. The van der Waals surface area contributed by atoms with E-state index in [0.717, 1.165) is 6.42 Å². The molecule has 0 saturated carbocycles. The minimum Gasteiger partial charge on any atom is -0.406 e. The average Bonchev–Trinajstić information content (AvgIpc) is 2.28. The van der Waals surface area contributed by atoms with Crippen LogP contribution >= 0.6 is 0 Å². The highest BCUT2D eigenvalue weighted by Crippen LogP contribution is 2.23. The minimum absolute atomic E-state index is 0.0314. The van der Waals surface area contributed by atoms with Crippen LogP contribution in [0.15, 0.2) is 24.3 Å². The molecule has 0 fully saturated rings. The SMILES string of the molecule is CCC(C)C(=O)Cc1ccc(OC(F)(F)F)cc1. The Hall–Kier alpha value is -1.52. The lowest BCUT2D eigenvalue weighted by molar-refractivity contribution is -0.274. The van der Waals surface area contributed by atoms with Gasteiger partial charge in [0.15, 0.2) is 0 Å². The second kappa shape index (κ2) is 5.89. The van der Waals surface area contributed by atoms with Gasteiger partial charge in [0, 0.05) is 12.3 Å². The van der Waals surface area contributed by atoms with Gasteiger partial charge in [-0.15, -0.1) is 13.2 Å². The molecule has 1 aromatic carbocycles.